The van der Waals surface area contributed by atoms with Gasteiger partial charge in [-0.2, -0.15) is 0 Å². The molecule has 0 saturated carbocycles. The summed E-state index contributed by atoms with van der Waals surface area (Å²) < 4.78 is 14.2. The van der Waals surface area contributed by atoms with Crippen LogP contribution in [0.25, 0.3) is 5.65 Å². The molecule has 4 nitrogen and oxygen atoms in total. The van der Waals surface area contributed by atoms with Crippen LogP contribution in [0.3, 0.4) is 0 Å². The first-order valence-corrected chi connectivity index (χ1v) is 5.02. The highest BCUT2D eigenvalue weighted by Gasteiger charge is 2.00. The Morgan fingerprint density at radius 1 is 1.38 bits per heavy atom. The second kappa shape index (κ2) is 7.53. The summed E-state index contributed by atoms with van der Waals surface area (Å²) in [6.07, 6.45) is 3.98. The molecule has 88 valence electrons. The van der Waals surface area contributed by atoms with Gasteiger partial charge >= 0.3 is 0 Å². The lowest BCUT2D eigenvalue weighted by Gasteiger charge is -1.94. The van der Waals surface area contributed by atoms with Crippen molar-refractivity contribution in [1.82, 2.24) is 9.38 Å². The minimum Gasteiger partial charge on any atom is -0.333 e. The number of fused-ring (bicyclic) bond motifs is 1. The predicted molar refractivity (Wildman–Crippen MR) is 64.5 cm³/mol. The Morgan fingerprint density at radius 2 is 2.00 bits per heavy atom. The van der Waals surface area contributed by atoms with Crippen molar-refractivity contribution in [3.8, 4) is 0 Å². The molecule has 0 spiro atoms. The maximum atomic E-state index is 12.7. The van der Waals surface area contributed by atoms with Crippen molar-refractivity contribution in [3.05, 3.63) is 36.0 Å². The summed E-state index contributed by atoms with van der Waals surface area (Å²) in [5.74, 6) is -0.330. The van der Waals surface area contributed by atoms with Crippen molar-refractivity contribution in [2.24, 2.45) is 5.73 Å². The third-order valence-electron chi connectivity index (χ3n) is 1.65. The van der Waals surface area contributed by atoms with E-state index in [0.717, 1.165) is 6.21 Å². The molecule has 0 atom stereocenters. The summed E-state index contributed by atoms with van der Waals surface area (Å²) in [5, 5.41) is 7.00. The van der Waals surface area contributed by atoms with Crippen molar-refractivity contribution in [3.63, 3.8) is 0 Å². The monoisotopic (exact) mass is 224 g/mol. The van der Waals surface area contributed by atoms with E-state index in [2.05, 4.69) is 10.7 Å². The molecule has 0 saturated heterocycles. The molecule has 0 aromatic carbocycles. The van der Waals surface area contributed by atoms with Crippen LogP contribution < -0.4 is 5.73 Å². The fourth-order valence-electron chi connectivity index (χ4n) is 1.08. The normalized spacial score (nSPS) is 8.56. The quantitative estimate of drug-likeness (QED) is 0.728. The molecule has 16 heavy (non-hydrogen) atoms. The van der Waals surface area contributed by atoms with Gasteiger partial charge in [-0.15, -0.1) is 0 Å². The van der Waals surface area contributed by atoms with Crippen LogP contribution in [0.5, 0.6) is 0 Å². The average Bonchev–Trinajstić information content (AvgIpc) is 2.76. The Kier molecular flexibility index (Phi) is 6.71. The average molecular weight is 224 g/mol. The summed E-state index contributed by atoms with van der Waals surface area (Å²) in [6, 6.07) is 2.92. The number of rotatable bonds is 1. The van der Waals surface area contributed by atoms with E-state index in [4.69, 9.17) is 5.41 Å². The molecular weight excluding hydrogens is 207 g/mol. The zero-order valence-corrected chi connectivity index (χ0v) is 9.74. The van der Waals surface area contributed by atoms with E-state index in [1.54, 1.807) is 6.07 Å². The van der Waals surface area contributed by atoms with E-state index in [9.17, 15) is 4.39 Å². The molecule has 2 heterocycles. The number of nitrogens with two attached hydrogens (primary N) is 1. The van der Waals surface area contributed by atoms with Crippen LogP contribution in [-0.2, 0) is 0 Å². The lowest BCUT2D eigenvalue weighted by atomic mass is 10.4. The Hall–Kier alpha value is -1.75. The van der Waals surface area contributed by atoms with Gasteiger partial charge in [-0.1, -0.05) is 13.8 Å². The van der Waals surface area contributed by atoms with Gasteiger partial charge in [-0.25, -0.2) is 9.37 Å². The maximum Gasteiger partial charge on any atom is 0.139 e. The highest BCUT2D eigenvalue weighted by Crippen LogP contribution is 2.06. The second-order valence-corrected chi connectivity index (χ2v) is 2.40. The first kappa shape index (κ1) is 14.2. The first-order chi connectivity index (χ1) is 7.81. The van der Waals surface area contributed by atoms with Crippen LogP contribution in [0.2, 0.25) is 0 Å². The molecule has 0 fully saturated rings. The van der Waals surface area contributed by atoms with E-state index in [1.807, 2.05) is 13.8 Å². The van der Waals surface area contributed by atoms with Crippen LogP contribution in [-0.4, -0.2) is 22.6 Å². The van der Waals surface area contributed by atoms with Gasteiger partial charge < -0.3 is 11.1 Å². The van der Waals surface area contributed by atoms with Crippen molar-refractivity contribution < 1.29 is 4.39 Å². The second-order valence-electron chi connectivity index (χ2n) is 2.40. The van der Waals surface area contributed by atoms with E-state index in [1.165, 1.54) is 29.9 Å². The minimum atomic E-state index is -0.330. The van der Waals surface area contributed by atoms with Gasteiger partial charge in [0.1, 0.15) is 11.5 Å². The van der Waals surface area contributed by atoms with E-state index >= 15 is 0 Å². The Bertz CT molecular complexity index is 436. The van der Waals surface area contributed by atoms with E-state index in [-0.39, 0.29) is 5.82 Å². The molecule has 0 radical (unpaired) electrons. The molecule has 5 heteroatoms. The summed E-state index contributed by atoms with van der Waals surface area (Å²) in [4.78, 5) is 3.98. The number of aromatic nitrogens is 2. The number of hydrogen-bond acceptors (Lipinski definition) is 3. The predicted octanol–water partition coefficient (Wildman–Crippen LogP) is 2.07. The number of nitrogens with one attached hydrogen (secondary N) is 1. The third kappa shape index (κ3) is 3.13. The van der Waals surface area contributed by atoms with Crippen LogP contribution in [0, 0.1) is 11.2 Å². The van der Waals surface area contributed by atoms with Crippen molar-refractivity contribution >= 4 is 11.9 Å². The standard InChI is InChI=1S/C8H6FN3.C2H6.CH5N/c9-6-1-2-8-11-4-7(3-10)12(8)5-6;2*1-2/h1-5,10H;1-2H3;2H2,1H3. The van der Waals surface area contributed by atoms with Crippen molar-refractivity contribution in [2.45, 2.75) is 13.8 Å². The Balaban J connectivity index is 0.000000509. The zero-order chi connectivity index (χ0) is 12.6. The number of nitrogens with zero attached hydrogens (tertiary/aromatic N) is 2. The molecular formula is C11H17FN4. The molecule has 0 aliphatic heterocycles. The summed E-state index contributed by atoms with van der Waals surface area (Å²) in [6.45, 7) is 4.00. The summed E-state index contributed by atoms with van der Waals surface area (Å²) >= 11 is 0. The lowest BCUT2D eigenvalue weighted by molar-refractivity contribution is 0.619. The van der Waals surface area contributed by atoms with Gasteiger partial charge in [-0.3, -0.25) is 4.40 Å². The van der Waals surface area contributed by atoms with Gasteiger partial charge in [0.15, 0.2) is 0 Å². The molecule has 0 unspecified atom stereocenters. The van der Waals surface area contributed by atoms with E-state index in [0.29, 0.717) is 11.3 Å². The van der Waals surface area contributed by atoms with Crippen LogP contribution in [0.4, 0.5) is 4.39 Å². The van der Waals surface area contributed by atoms with Crippen LogP contribution >= 0.6 is 0 Å². The van der Waals surface area contributed by atoms with E-state index < -0.39 is 0 Å². The minimum absolute atomic E-state index is 0.330. The van der Waals surface area contributed by atoms with Gasteiger partial charge in [0.2, 0.25) is 0 Å². The SMILES string of the molecule is CC.CN.N=Cc1cnc2ccc(F)cn12. The van der Waals surface area contributed by atoms with Gasteiger partial charge in [0, 0.05) is 12.4 Å². The maximum absolute atomic E-state index is 12.7. The van der Waals surface area contributed by atoms with Crippen LogP contribution in [0.15, 0.2) is 24.5 Å². The van der Waals surface area contributed by atoms with Crippen molar-refractivity contribution in [2.75, 3.05) is 7.05 Å². The Labute approximate surface area is 94.4 Å². The number of halogens is 1. The topological polar surface area (TPSA) is 67.2 Å². The molecule has 0 aliphatic rings. The highest BCUT2D eigenvalue weighted by molar-refractivity contribution is 5.75. The molecule has 2 rings (SSSR count). The molecule has 2 aromatic rings. The molecule has 2 aromatic heterocycles. The highest BCUT2D eigenvalue weighted by atomic mass is 19.1. The first-order valence-electron chi connectivity index (χ1n) is 5.02. The van der Waals surface area contributed by atoms with Gasteiger partial charge in [0.05, 0.1) is 11.9 Å². The number of hydrogen-bond donors (Lipinski definition) is 2. The van der Waals surface area contributed by atoms with Gasteiger partial charge in [-0.05, 0) is 19.2 Å². The Morgan fingerprint density at radius 3 is 2.56 bits per heavy atom. The van der Waals surface area contributed by atoms with Crippen molar-refractivity contribution in [1.29, 1.82) is 5.41 Å². The largest absolute Gasteiger partial charge is 0.333 e. The number of imidazole rings is 1. The molecule has 0 bridgehead atoms. The molecule has 0 amide bonds. The fourth-order valence-corrected chi connectivity index (χ4v) is 1.08. The molecule has 0 aliphatic carbocycles. The fraction of sp³-hybridized carbons (Fsp3) is 0.273. The third-order valence-corrected chi connectivity index (χ3v) is 1.65. The molecule has 3 N–H and O–H groups in total. The van der Waals surface area contributed by atoms with Gasteiger partial charge in [0.25, 0.3) is 0 Å². The number of pyridine rings is 1. The summed E-state index contributed by atoms with van der Waals surface area (Å²) in [7, 11) is 1.50. The smallest absolute Gasteiger partial charge is 0.139 e. The zero-order valence-electron chi connectivity index (χ0n) is 9.74. The lowest BCUT2D eigenvalue weighted by Crippen LogP contribution is -1.91. The van der Waals surface area contributed by atoms with Crippen LogP contribution in [0.1, 0.15) is 19.5 Å². The summed E-state index contributed by atoms with van der Waals surface area (Å²) in [5.41, 5.74) is 5.72.